The second kappa shape index (κ2) is 2.67. The molecule has 0 spiro atoms. The molecule has 0 aliphatic heterocycles. The van der Waals surface area contributed by atoms with E-state index >= 15 is 0 Å². The lowest BCUT2D eigenvalue weighted by molar-refractivity contribution is -0.116. The zero-order valence-corrected chi connectivity index (χ0v) is 5.61. The first-order valence-electron chi connectivity index (χ1n) is 3.24. The van der Waals surface area contributed by atoms with Gasteiger partial charge in [-0.2, -0.15) is 0 Å². The lowest BCUT2D eigenvalue weighted by atomic mass is 9.92. The van der Waals surface area contributed by atoms with E-state index in [0.29, 0.717) is 0 Å². The van der Waals surface area contributed by atoms with Gasteiger partial charge in [-0.15, -0.1) is 0 Å². The molecular weight excluding hydrogens is 114 g/mol. The van der Waals surface area contributed by atoms with Crippen LogP contribution in [-0.4, -0.2) is 13.0 Å². The van der Waals surface area contributed by atoms with Crippen molar-refractivity contribution in [1.29, 1.82) is 0 Å². The molecule has 0 heterocycles. The molecule has 1 aliphatic rings. The summed E-state index contributed by atoms with van der Waals surface area (Å²) in [6, 6.07) is 0. The standard InChI is InChI=1S/C7H11NO/c1-8-7(9)5-6-3-2-4-6/h5H,2-4H2,1H3,(H,8,9). The van der Waals surface area contributed by atoms with Crippen molar-refractivity contribution in [1.82, 2.24) is 5.32 Å². The summed E-state index contributed by atoms with van der Waals surface area (Å²) >= 11 is 0. The normalized spacial score (nSPS) is 16.3. The molecule has 0 unspecified atom stereocenters. The van der Waals surface area contributed by atoms with Gasteiger partial charge < -0.3 is 5.32 Å². The zero-order valence-electron chi connectivity index (χ0n) is 5.61. The Morgan fingerprint density at radius 2 is 2.33 bits per heavy atom. The third-order valence-electron chi connectivity index (χ3n) is 1.58. The molecule has 0 aromatic rings. The summed E-state index contributed by atoms with van der Waals surface area (Å²) in [4.78, 5) is 10.6. The van der Waals surface area contributed by atoms with Crippen molar-refractivity contribution in [2.75, 3.05) is 7.05 Å². The third-order valence-corrected chi connectivity index (χ3v) is 1.58. The summed E-state index contributed by atoms with van der Waals surface area (Å²) in [7, 11) is 1.65. The summed E-state index contributed by atoms with van der Waals surface area (Å²) in [5.41, 5.74) is 1.29. The molecule has 9 heavy (non-hydrogen) atoms. The minimum Gasteiger partial charge on any atom is -0.356 e. The van der Waals surface area contributed by atoms with Crippen molar-refractivity contribution in [3.05, 3.63) is 11.6 Å². The Labute approximate surface area is 54.9 Å². The summed E-state index contributed by atoms with van der Waals surface area (Å²) in [6.45, 7) is 0. The average molecular weight is 125 g/mol. The van der Waals surface area contributed by atoms with Crippen molar-refractivity contribution in [3.63, 3.8) is 0 Å². The maximum atomic E-state index is 10.6. The second-order valence-corrected chi connectivity index (χ2v) is 2.27. The predicted octanol–water partition coefficient (Wildman–Crippen LogP) is 0.843. The smallest absolute Gasteiger partial charge is 0.243 e. The number of hydrogen-bond acceptors (Lipinski definition) is 1. The Morgan fingerprint density at radius 1 is 1.67 bits per heavy atom. The Kier molecular flexibility index (Phi) is 1.88. The quantitative estimate of drug-likeness (QED) is 0.517. The predicted molar refractivity (Wildman–Crippen MR) is 36.0 cm³/mol. The lowest BCUT2D eigenvalue weighted by Gasteiger charge is -2.14. The van der Waals surface area contributed by atoms with Crippen molar-refractivity contribution >= 4 is 5.91 Å². The van der Waals surface area contributed by atoms with E-state index in [1.807, 2.05) is 0 Å². The van der Waals surface area contributed by atoms with Crippen LogP contribution in [0.3, 0.4) is 0 Å². The van der Waals surface area contributed by atoms with E-state index in [2.05, 4.69) is 5.32 Å². The molecule has 50 valence electrons. The summed E-state index contributed by atoms with van der Waals surface area (Å²) < 4.78 is 0. The molecule has 2 heteroatoms. The maximum absolute atomic E-state index is 10.6. The van der Waals surface area contributed by atoms with Gasteiger partial charge >= 0.3 is 0 Å². The van der Waals surface area contributed by atoms with Crippen molar-refractivity contribution < 1.29 is 4.79 Å². The first-order chi connectivity index (χ1) is 4.33. The van der Waals surface area contributed by atoms with Gasteiger partial charge in [-0.1, -0.05) is 5.57 Å². The monoisotopic (exact) mass is 125 g/mol. The minimum absolute atomic E-state index is 0.0321. The number of nitrogens with one attached hydrogen (secondary N) is 1. The van der Waals surface area contributed by atoms with Gasteiger partial charge in [-0.3, -0.25) is 4.79 Å². The van der Waals surface area contributed by atoms with Crippen LogP contribution >= 0.6 is 0 Å². The first kappa shape index (κ1) is 6.33. The molecule has 0 radical (unpaired) electrons. The zero-order chi connectivity index (χ0) is 6.69. The fraction of sp³-hybridized carbons (Fsp3) is 0.571. The molecule has 1 aliphatic carbocycles. The highest BCUT2D eigenvalue weighted by molar-refractivity contribution is 5.88. The van der Waals surface area contributed by atoms with Crippen LogP contribution in [0.2, 0.25) is 0 Å². The Balaban J connectivity index is 2.37. The summed E-state index contributed by atoms with van der Waals surface area (Å²) in [6.07, 6.45) is 5.19. The number of rotatable bonds is 1. The van der Waals surface area contributed by atoms with E-state index < -0.39 is 0 Å². The minimum atomic E-state index is 0.0321. The number of amides is 1. The van der Waals surface area contributed by atoms with Crippen molar-refractivity contribution in [2.24, 2.45) is 0 Å². The maximum Gasteiger partial charge on any atom is 0.243 e. The molecule has 1 saturated carbocycles. The largest absolute Gasteiger partial charge is 0.356 e. The van der Waals surface area contributed by atoms with Gasteiger partial charge in [0.25, 0.3) is 0 Å². The van der Waals surface area contributed by atoms with Gasteiger partial charge in [0.05, 0.1) is 0 Å². The highest BCUT2D eigenvalue weighted by atomic mass is 16.1. The number of allylic oxidation sites excluding steroid dienone is 1. The molecule has 1 fully saturated rings. The van der Waals surface area contributed by atoms with Gasteiger partial charge in [0, 0.05) is 13.1 Å². The van der Waals surface area contributed by atoms with E-state index in [-0.39, 0.29) is 5.91 Å². The van der Waals surface area contributed by atoms with Gasteiger partial charge in [0.2, 0.25) is 5.91 Å². The average Bonchev–Trinajstić information content (AvgIpc) is 1.78. The highest BCUT2D eigenvalue weighted by Gasteiger charge is 2.08. The van der Waals surface area contributed by atoms with Crippen molar-refractivity contribution in [2.45, 2.75) is 19.3 Å². The van der Waals surface area contributed by atoms with Gasteiger partial charge in [-0.25, -0.2) is 0 Å². The Morgan fingerprint density at radius 3 is 2.67 bits per heavy atom. The van der Waals surface area contributed by atoms with Crippen LogP contribution in [0.1, 0.15) is 19.3 Å². The van der Waals surface area contributed by atoms with E-state index in [0.717, 1.165) is 12.8 Å². The number of likely N-dealkylation sites (N-methyl/N-ethyl adjacent to an activating group) is 1. The second-order valence-electron chi connectivity index (χ2n) is 2.27. The topological polar surface area (TPSA) is 29.1 Å². The third kappa shape index (κ3) is 1.56. The first-order valence-corrected chi connectivity index (χ1v) is 3.24. The van der Waals surface area contributed by atoms with E-state index in [1.54, 1.807) is 13.1 Å². The van der Waals surface area contributed by atoms with Crippen molar-refractivity contribution in [3.8, 4) is 0 Å². The number of hydrogen-bond donors (Lipinski definition) is 1. The summed E-state index contributed by atoms with van der Waals surface area (Å²) in [5, 5.41) is 2.55. The molecule has 1 amide bonds. The fourth-order valence-electron chi connectivity index (χ4n) is 0.783. The van der Waals surface area contributed by atoms with E-state index in [9.17, 15) is 4.79 Å². The van der Waals surface area contributed by atoms with Crippen LogP contribution in [0.25, 0.3) is 0 Å². The molecule has 1 rings (SSSR count). The van der Waals surface area contributed by atoms with Crippen LogP contribution in [0.5, 0.6) is 0 Å². The Hall–Kier alpha value is -0.790. The highest BCUT2D eigenvalue weighted by Crippen LogP contribution is 2.24. The molecule has 0 aromatic heterocycles. The number of carbonyl (C=O) groups is 1. The summed E-state index contributed by atoms with van der Waals surface area (Å²) in [5.74, 6) is 0.0321. The van der Waals surface area contributed by atoms with Crippen LogP contribution in [0, 0.1) is 0 Å². The molecule has 1 N–H and O–H groups in total. The van der Waals surface area contributed by atoms with Gasteiger partial charge in [-0.05, 0) is 19.3 Å². The molecule has 0 saturated heterocycles. The van der Waals surface area contributed by atoms with Crippen LogP contribution < -0.4 is 5.32 Å². The van der Waals surface area contributed by atoms with Crippen LogP contribution in [-0.2, 0) is 4.79 Å². The molecular formula is C7H11NO. The molecule has 0 aromatic carbocycles. The van der Waals surface area contributed by atoms with E-state index in [4.69, 9.17) is 0 Å². The molecule has 0 atom stereocenters. The molecule has 0 bridgehead atoms. The molecule has 2 nitrogen and oxygen atoms in total. The van der Waals surface area contributed by atoms with Crippen LogP contribution in [0.4, 0.5) is 0 Å². The lowest BCUT2D eigenvalue weighted by Crippen LogP contribution is -2.16. The Bertz CT molecular complexity index is 143. The van der Waals surface area contributed by atoms with E-state index in [1.165, 1.54) is 12.0 Å². The number of carbonyl (C=O) groups excluding carboxylic acids is 1. The fourth-order valence-corrected chi connectivity index (χ4v) is 0.783. The SMILES string of the molecule is CNC(=O)C=C1CCC1. The van der Waals surface area contributed by atoms with Gasteiger partial charge in [0.1, 0.15) is 0 Å². The van der Waals surface area contributed by atoms with Crippen LogP contribution in [0.15, 0.2) is 11.6 Å². The van der Waals surface area contributed by atoms with Gasteiger partial charge in [0.15, 0.2) is 0 Å².